The Hall–Kier alpha value is -2.00. The number of ether oxygens (including phenoxy) is 1. The molecule has 0 radical (unpaired) electrons. The minimum Gasteiger partial charge on any atom is -0.496 e. The number of fused-ring (bicyclic) bond motifs is 1. The minimum atomic E-state index is 0.0743. The largest absolute Gasteiger partial charge is 0.496 e. The van der Waals surface area contributed by atoms with Gasteiger partial charge in [-0.2, -0.15) is 0 Å². The molecule has 1 aliphatic rings. The van der Waals surface area contributed by atoms with Gasteiger partial charge in [-0.25, -0.2) is 0 Å². The number of rotatable bonds is 3. The lowest BCUT2D eigenvalue weighted by atomic mass is 9.95. The number of amides is 1. The van der Waals surface area contributed by atoms with E-state index in [-0.39, 0.29) is 18.4 Å². The highest BCUT2D eigenvalue weighted by atomic mass is 35.5. The Morgan fingerprint density at radius 3 is 2.87 bits per heavy atom. The quantitative estimate of drug-likeness (QED) is 0.842. The van der Waals surface area contributed by atoms with Gasteiger partial charge in [-0.15, -0.1) is 0 Å². The van der Waals surface area contributed by atoms with Crippen LogP contribution in [0, 0.1) is 0 Å². The molecule has 0 saturated heterocycles. The number of halogens is 1. The summed E-state index contributed by atoms with van der Waals surface area (Å²) in [6, 6.07) is 13.7. The first-order chi connectivity index (χ1) is 11.1. The predicted octanol–water partition coefficient (Wildman–Crippen LogP) is 4.26. The molecule has 0 aromatic heterocycles. The van der Waals surface area contributed by atoms with Crippen molar-refractivity contribution in [1.82, 2.24) is 0 Å². The molecule has 0 bridgehead atoms. The molecule has 1 aliphatic heterocycles. The van der Waals surface area contributed by atoms with Gasteiger partial charge < -0.3 is 9.64 Å². The fourth-order valence-corrected chi connectivity index (χ4v) is 3.40. The number of methoxy groups -OCH3 is 1. The Balaban J connectivity index is 1.90. The third-order valence-electron chi connectivity index (χ3n) is 4.38. The number of hydrogen-bond donors (Lipinski definition) is 0. The number of para-hydroxylation sites is 1. The molecule has 3 nitrogen and oxygen atoms in total. The van der Waals surface area contributed by atoms with E-state index in [1.54, 1.807) is 25.3 Å². The Morgan fingerprint density at radius 2 is 2.09 bits per heavy atom. The van der Waals surface area contributed by atoms with Gasteiger partial charge in [0.25, 0.3) is 0 Å². The van der Waals surface area contributed by atoms with Crippen molar-refractivity contribution in [1.29, 1.82) is 0 Å². The van der Waals surface area contributed by atoms with Crippen molar-refractivity contribution >= 4 is 23.2 Å². The van der Waals surface area contributed by atoms with Crippen LogP contribution in [-0.4, -0.2) is 19.1 Å². The highest BCUT2D eigenvalue weighted by molar-refractivity contribution is 6.30. The molecule has 1 unspecified atom stereocenters. The molecule has 1 heterocycles. The Morgan fingerprint density at radius 1 is 1.30 bits per heavy atom. The number of anilines is 1. The van der Waals surface area contributed by atoms with Crippen molar-refractivity contribution in [2.24, 2.45) is 0 Å². The molecule has 1 amide bonds. The van der Waals surface area contributed by atoms with Crippen LogP contribution in [0.15, 0.2) is 42.5 Å². The molecule has 2 aromatic carbocycles. The maximum Gasteiger partial charge on any atom is 0.231 e. The van der Waals surface area contributed by atoms with Crippen LogP contribution in [0.3, 0.4) is 0 Å². The molecular formula is C19H20ClNO2. The number of aryl methyl sites for hydroxylation is 1. The fourth-order valence-electron chi connectivity index (χ4n) is 3.20. The van der Waals surface area contributed by atoms with Crippen molar-refractivity contribution in [2.75, 3.05) is 12.0 Å². The van der Waals surface area contributed by atoms with Crippen LogP contribution in [0.2, 0.25) is 5.02 Å². The van der Waals surface area contributed by atoms with E-state index in [0.29, 0.717) is 10.8 Å². The molecule has 2 aromatic rings. The Kier molecular flexibility index (Phi) is 4.58. The molecular weight excluding hydrogens is 310 g/mol. The standard InChI is InChI=1S/C19H20ClNO2/c1-13-7-8-14-5-3-4-6-17(14)21(13)19(22)12-15-11-16(20)9-10-18(15)23-2/h3-6,9-11,13H,7-8,12H2,1-2H3. The van der Waals surface area contributed by atoms with Crippen molar-refractivity contribution in [3.63, 3.8) is 0 Å². The second-order valence-electron chi connectivity index (χ2n) is 5.91. The molecule has 0 saturated carbocycles. The van der Waals surface area contributed by atoms with Crippen molar-refractivity contribution < 1.29 is 9.53 Å². The molecule has 120 valence electrons. The van der Waals surface area contributed by atoms with E-state index in [1.165, 1.54) is 5.56 Å². The van der Waals surface area contributed by atoms with Gasteiger partial charge in [0.2, 0.25) is 5.91 Å². The number of nitrogens with zero attached hydrogens (tertiary/aromatic N) is 1. The normalized spacial score (nSPS) is 16.8. The van der Waals surface area contributed by atoms with E-state index < -0.39 is 0 Å². The van der Waals surface area contributed by atoms with E-state index in [1.807, 2.05) is 23.1 Å². The molecule has 4 heteroatoms. The van der Waals surface area contributed by atoms with Gasteiger partial charge in [-0.1, -0.05) is 29.8 Å². The number of benzene rings is 2. The maximum absolute atomic E-state index is 12.9. The summed E-state index contributed by atoms with van der Waals surface area (Å²) in [6.07, 6.45) is 2.28. The van der Waals surface area contributed by atoms with Gasteiger partial charge in [0, 0.05) is 22.3 Å². The molecule has 0 aliphatic carbocycles. The highest BCUT2D eigenvalue weighted by Gasteiger charge is 2.28. The minimum absolute atomic E-state index is 0.0743. The topological polar surface area (TPSA) is 29.5 Å². The summed E-state index contributed by atoms with van der Waals surface area (Å²) >= 11 is 6.07. The lowest BCUT2D eigenvalue weighted by Gasteiger charge is -2.35. The van der Waals surface area contributed by atoms with Crippen LogP contribution in [0.5, 0.6) is 5.75 Å². The molecule has 1 atom stereocenters. The smallest absolute Gasteiger partial charge is 0.231 e. The van der Waals surface area contributed by atoms with Crippen LogP contribution >= 0.6 is 11.6 Å². The highest BCUT2D eigenvalue weighted by Crippen LogP contribution is 2.32. The molecule has 23 heavy (non-hydrogen) atoms. The average Bonchev–Trinajstić information content (AvgIpc) is 2.54. The van der Waals surface area contributed by atoms with Gasteiger partial charge in [-0.3, -0.25) is 4.79 Å². The Labute approximate surface area is 141 Å². The van der Waals surface area contributed by atoms with E-state index >= 15 is 0 Å². The number of carbonyl (C=O) groups excluding carboxylic acids is 1. The van der Waals surface area contributed by atoms with Gasteiger partial charge in [-0.05, 0) is 49.6 Å². The lowest BCUT2D eigenvalue weighted by molar-refractivity contribution is -0.118. The zero-order valence-corrected chi connectivity index (χ0v) is 14.1. The van der Waals surface area contributed by atoms with E-state index in [9.17, 15) is 4.79 Å². The van der Waals surface area contributed by atoms with Gasteiger partial charge >= 0.3 is 0 Å². The first kappa shape index (κ1) is 15.9. The van der Waals surface area contributed by atoms with Crippen LogP contribution in [0.1, 0.15) is 24.5 Å². The SMILES string of the molecule is COc1ccc(Cl)cc1CC(=O)N1c2ccccc2CCC1C. The second-order valence-corrected chi connectivity index (χ2v) is 6.35. The summed E-state index contributed by atoms with van der Waals surface area (Å²) in [5.74, 6) is 0.769. The summed E-state index contributed by atoms with van der Waals surface area (Å²) in [4.78, 5) is 14.9. The van der Waals surface area contributed by atoms with Crippen molar-refractivity contribution in [2.45, 2.75) is 32.2 Å². The monoisotopic (exact) mass is 329 g/mol. The van der Waals surface area contributed by atoms with Crippen LogP contribution in [-0.2, 0) is 17.6 Å². The fraction of sp³-hybridized carbons (Fsp3) is 0.316. The van der Waals surface area contributed by atoms with Crippen molar-refractivity contribution in [3.05, 3.63) is 58.6 Å². The summed E-state index contributed by atoms with van der Waals surface area (Å²) in [5, 5.41) is 0.612. The van der Waals surface area contributed by atoms with E-state index in [2.05, 4.69) is 13.0 Å². The molecule has 0 fully saturated rings. The zero-order valence-electron chi connectivity index (χ0n) is 13.4. The molecule has 0 N–H and O–H groups in total. The summed E-state index contributed by atoms with van der Waals surface area (Å²) in [6.45, 7) is 2.10. The zero-order chi connectivity index (χ0) is 16.4. The average molecular weight is 330 g/mol. The Bertz CT molecular complexity index is 729. The first-order valence-electron chi connectivity index (χ1n) is 7.82. The second kappa shape index (κ2) is 6.63. The van der Waals surface area contributed by atoms with E-state index in [4.69, 9.17) is 16.3 Å². The van der Waals surface area contributed by atoms with Crippen LogP contribution < -0.4 is 9.64 Å². The third-order valence-corrected chi connectivity index (χ3v) is 4.61. The summed E-state index contributed by atoms with van der Waals surface area (Å²) < 4.78 is 5.36. The van der Waals surface area contributed by atoms with Gasteiger partial charge in [0.15, 0.2) is 0 Å². The predicted molar refractivity (Wildman–Crippen MR) is 93.4 cm³/mol. The summed E-state index contributed by atoms with van der Waals surface area (Å²) in [7, 11) is 1.61. The van der Waals surface area contributed by atoms with Gasteiger partial charge in [0.1, 0.15) is 5.75 Å². The van der Waals surface area contributed by atoms with Crippen LogP contribution in [0.4, 0.5) is 5.69 Å². The maximum atomic E-state index is 12.9. The third kappa shape index (κ3) is 3.20. The molecule has 0 spiro atoms. The lowest BCUT2D eigenvalue weighted by Crippen LogP contribution is -2.43. The van der Waals surface area contributed by atoms with E-state index in [0.717, 1.165) is 24.1 Å². The van der Waals surface area contributed by atoms with Gasteiger partial charge in [0.05, 0.1) is 13.5 Å². The summed E-state index contributed by atoms with van der Waals surface area (Å²) in [5.41, 5.74) is 3.08. The van der Waals surface area contributed by atoms with Crippen LogP contribution in [0.25, 0.3) is 0 Å². The molecule has 3 rings (SSSR count). The number of carbonyl (C=O) groups is 1. The first-order valence-corrected chi connectivity index (χ1v) is 8.20. The van der Waals surface area contributed by atoms with Crippen molar-refractivity contribution in [3.8, 4) is 5.75 Å². The number of hydrogen-bond acceptors (Lipinski definition) is 2.